The summed E-state index contributed by atoms with van der Waals surface area (Å²) in [5.41, 5.74) is -0.576. The van der Waals surface area contributed by atoms with Gasteiger partial charge in [-0.2, -0.15) is 0 Å². The van der Waals surface area contributed by atoms with Gasteiger partial charge in [0, 0.05) is 33.4 Å². The number of halogens is 6. The Hall–Kier alpha value is -0.680. The lowest BCUT2D eigenvalue weighted by Crippen LogP contribution is -2.45. The molecule has 0 aliphatic heterocycles. The fourth-order valence-electron chi connectivity index (χ4n) is 4.35. The van der Waals surface area contributed by atoms with Gasteiger partial charge in [-0.25, -0.2) is 5.06 Å². The van der Waals surface area contributed by atoms with Crippen molar-refractivity contribution in [1.82, 2.24) is 21.0 Å². The van der Waals surface area contributed by atoms with Crippen molar-refractivity contribution in [2.24, 2.45) is 0 Å². The zero-order valence-corrected chi connectivity index (χ0v) is 41.3. The smallest absolute Gasteiger partial charge is 0.279 e. The number of nitrogens with zero attached hydrogens (tertiary/aromatic N) is 1. The number of nitrogens with one attached hydrogen (secondary N) is 5. The summed E-state index contributed by atoms with van der Waals surface area (Å²) in [6.07, 6.45) is -4.65. The van der Waals surface area contributed by atoms with Crippen LogP contribution in [-0.4, -0.2) is 152 Å². The fourth-order valence-corrected chi connectivity index (χ4v) is 13.2. The van der Waals surface area contributed by atoms with Gasteiger partial charge in [-0.15, -0.1) is 0 Å². The Morgan fingerprint density at radius 2 is 0.911 bits per heavy atom. The molecule has 2 rings (SSSR count). The molecular formula is C30H34I6N6O14. The highest BCUT2D eigenvalue weighted by Crippen LogP contribution is 2.37. The molecule has 26 heteroatoms. The summed E-state index contributed by atoms with van der Waals surface area (Å²) in [6.45, 7) is -4.61. The zero-order chi connectivity index (χ0) is 42.6. The molecule has 2 aromatic rings. The van der Waals surface area contributed by atoms with Crippen molar-refractivity contribution in [2.45, 2.75) is 24.7 Å². The van der Waals surface area contributed by atoms with Crippen LogP contribution in [0.3, 0.4) is 0 Å². The number of benzene rings is 2. The normalized spacial score (nSPS) is 12.6. The fraction of sp³-hybridized carbons (Fsp3) is 0.400. The highest BCUT2D eigenvalue weighted by Gasteiger charge is 2.32. The van der Waals surface area contributed by atoms with E-state index in [1.54, 1.807) is 136 Å². The summed E-state index contributed by atoms with van der Waals surface area (Å²) >= 11 is 10.4. The lowest BCUT2D eigenvalue weighted by Gasteiger charge is -2.23. The van der Waals surface area contributed by atoms with Crippen LogP contribution in [0, 0.1) is 21.4 Å². The monoisotopic (exact) mass is 1460 g/mol. The maximum Gasteiger partial charge on any atom is 0.279 e. The predicted molar refractivity (Wildman–Crippen MR) is 247 cm³/mol. The van der Waals surface area contributed by atoms with Crippen LogP contribution in [0.5, 0.6) is 0 Å². The molecule has 0 fully saturated rings. The van der Waals surface area contributed by atoms with Crippen molar-refractivity contribution >= 4 is 182 Å². The Kier molecular flexibility index (Phi) is 22.6. The SMILES string of the molecule is O=C(CO)Nc1c(I)c(C(=O)NCC(O)CO)c(I)c(C(=O)NC[C@H](O)[C@H](O)CNC(=O)c2c(I)c(NC(=O)CO)c(I)c(C(=O)N(O)CCCO)c2I)c1I. The third-order valence-corrected chi connectivity index (χ3v) is 13.7. The standard InChI is InChI=1S/C30H34I6N6O14/c31-19-15(27(52)37-4-10(47)7-44)21(33)25(40-13(50)8-45)22(34)16(19)28(53)38-5-11(48)12(49)6-39-29(54)17-20(32)18(30(55)42(56)2-1-3-43)24(36)26(23(17)35)41-14(51)9-46/h10-12,43-49,56H,1-9H2,(H,37,52)(H,38,53)(H,39,54)(H,40,50)(H,41,51)/t10?,11-,12+/m0/s1. The molecule has 56 heavy (non-hydrogen) atoms. The highest BCUT2D eigenvalue weighted by molar-refractivity contribution is 14.1. The van der Waals surface area contributed by atoms with Gasteiger partial charge in [0.1, 0.15) is 13.2 Å². The van der Waals surface area contributed by atoms with E-state index in [4.69, 9.17) is 10.2 Å². The van der Waals surface area contributed by atoms with Gasteiger partial charge in [0.15, 0.2) is 0 Å². The van der Waals surface area contributed by atoms with E-state index in [0.717, 1.165) is 0 Å². The van der Waals surface area contributed by atoms with Crippen LogP contribution in [0.25, 0.3) is 0 Å². The molecule has 2 aromatic carbocycles. The molecule has 6 amide bonds. The number of amides is 6. The minimum Gasteiger partial charge on any atom is -0.396 e. The molecule has 0 heterocycles. The molecule has 3 atom stereocenters. The number of hydroxylamine groups is 2. The third-order valence-electron chi connectivity index (χ3n) is 7.20. The number of rotatable bonds is 19. The average molecular weight is 1460 g/mol. The van der Waals surface area contributed by atoms with Crippen molar-refractivity contribution in [2.75, 3.05) is 63.2 Å². The Bertz CT molecular complexity index is 1840. The summed E-state index contributed by atoms with van der Waals surface area (Å²) < 4.78 is 0.730. The number of carbonyl (C=O) groups excluding carboxylic acids is 6. The van der Waals surface area contributed by atoms with Gasteiger partial charge in [-0.3, -0.25) is 34.0 Å². The zero-order valence-electron chi connectivity index (χ0n) is 28.3. The second-order valence-corrected chi connectivity index (χ2v) is 17.6. The van der Waals surface area contributed by atoms with E-state index in [-0.39, 0.29) is 81.2 Å². The van der Waals surface area contributed by atoms with E-state index in [9.17, 15) is 59.5 Å². The highest BCUT2D eigenvalue weighted by atomic mass is 127. The summed E-state index contributed by atoms with van der Waals surface area (Å²) in [7, 11) is 0. The van der Waals surface area contributed by atoms with Gasteiger partial charge in [0.25, 0.3) is 23.6 Å². The van der Waals surface area contributed by atoms with E-state index >= 15 is 0 Å². The van der Waals surface area contributed by atoms with E-state index in [2.05, 4.69) is 26.6 Å². The molecular weight excluding hydrogens is 1430 g/mol. The molecule has 0 aliphatic rings. The molecule has 0 spiro atoms. The third kappa shape index (κ3) is 13.4. The predicted octanol–water partition coefficient (Wildman–Crippen LogP) is -0.646. The van der Waals surface area contributed by atoms with Gasteiger partial charge in [0.2, 0.25) is 11.8 Å². The van der Waals surface area contributed by atoms with Gasteiger partial charge < -0.3 is 62.3 Å². The van der Waals surface area contributed by atoms with E-state index in [1.165, 1.54) is 0 Å². The van der Waals surface area contributed by atoms with Gasteiger partial charge >= 0.3 is 0 Å². The topological polar surface area (TPSA) is 328 Å². The van der Waals surface area contributed by atoms with Crippen molar-refractivity contribution in [3.63, 3.8) is 0 Å². The second-order valence-electron chi connectivity index (χ2n) is 11.2. The van der Waals surface area contributed by atoms with Crippen LogP contribution in [0.1, 0.15) is 47.9 Å². The first kappa shape index (κ1) is 51.5. The quantitative estimate of drug-likeness (QED) is 0.0473. The molecule has 20 nitrogen and oxygen atoms in total. The maximum atomic E-state index is 13.5. The first-order valence-electron chi connectivity index (χ1n) is 15.6. The molecule has 0 bridgehead atoms. The molecule has 0 aromatic heterocycles. The Morgan fingerprint density at radius 3 is 1.27 bits per heavy atom. The van der Waals surface area contributed by atoms with Gasteiger partial charge in [0.05, 0.1) is 79.4 Å². The lowest BCUT2D eigenvalue weighted by molar-refractivity contribution is -0.119. The van der Waals surface area contributed by atoms with Crippen molar-refractivity contribution in [3.05, 3.63) is 43.7 Å². The molecule has 0 radical (unpaired) electrons. The molecule has 0 saturated heterocycles. The number of aliphatic hydroxyl groups is 7. The van der Waals surface area contributed by atoms with Crippen molar-refractivity contribution in [3.8, 4) is 0 Å². The number of carbonyl (C=O) groups is 6. The minimum absolute atomic E-state index is 0.00707. The first-order chi connectivity index (χ1) is 26.3. The maximum absolute atomic E-state index is 13.5. The van der Waals surface area contributed by atoms with Crippen LogP contribution >= 0.6 is 136 Å². The van der Waals surface area contributed by atoms with Gasteiger partial charge in [-0.1, -0.05) is 0 Å². The summed E-state index contributed by atoms with van der Waals surface area (Å²) in [6, 6.07) is 0. The second kappa shape index (κ2) is 24.5. The summed E-state index contributed by atoms with van der Waals surface area (Å²) in [5.74, 6) is -5.19. The van der Waals surface area contributed by atoms with E-state index in [0.29, 0.717) is 5.06 Å². The summed E-state index contributed by atoms with van der Waals surface area (Å²) in [4.78, 5) is 77.7. The van der Waals surface area contributed by atoms with Gasteiger partial charge in [-0.05, 0) is 142 Å². The Balaban J connectivity index is 2.37. The van der Waals surface area contributed by atoms with Crippen LogP contribution in [0.15, 0.2) is 0 Å². The number of hydrogen-bond donors (Lipinski definition) is 13. The Morgan fingerprint density at radius 1 is 0.554 bits per heavy atom. The molecule has 13 N–H and O–H groups in total. The van der Waals surface area contributed by atoms with Crippen LogP contribution < -0.4 is 26.6 Å². The average Bonchev–Trinajstić information content (AvgIpc) is 3.16. The number of hydrogen-bond acceptors (Lipinski definition) is 14. The van der Waals surface area contributed by atoms with Crippen molar-refractivity contribution < 1.29 is 69.7 Å². The minimum atomic E-state index is -1.70. The number of anilines is 2. The van der Waals surface area contributed by atoms with Crippen LogP contribution in [0.2, 0.25) is 0 Å². The molecule has 0 saturated carbocycles. The van der Waals surface area contributed by atoms with E-state index in [1.807, 2.05) is 0 Å². The van der Waals surface area contributed by atoms with Crippen LogP contribution in [0.4, 0.5) is 11.4 Å². The molecule has 0 aliphatic carbocycles. The molecule has 1 unspecified atom stereocenters. The summed E-state index contributed by atoms with van der Waals surface area (Å²) in [5, 5.41) is 90.9. The first-order valence-corrected chi connectivity index (χ1v) is 22.1. The number of aliphatic hydroxyl groups excluding tert-OH is 7. The largest absolute Gasteiger partial charge is 0.396 e. The molecule has 310 valence electrons. The van der Waals surface area contributed by atoms with Crippen LogP contribution in [-0.2, 0) is 9.59 Å². The lowest BCUT2D eigenvalue weighted by atomic mass is 10.1. The van der Waals surface area contributed by atoms with Crippen molar-refractivity contribution in [1.29, 1.82) is 0 Å². The van der Waals surface area contributed by atoms with E-state index < -0.39 is 86.7 Å². The Labute approximate surface area is 399 Å².